The lowest BCUT2D eigenvalue weighted by Crippen LogP contribution is -2.15. The molecule has 88 valence electrons. The minimum Gasteiger partial charge on any atom is -0.364 e. The molecule has 1 aromatic heterocycles. The molecular weight excluding hydrogens is 204 g/mol. The standard InChI is InChI=1S/C11H18N4O/c1-7(2)5-6-15-10(8-3-4-8)9(11(12)16)13-14-15/h7-8H,3-6H2,1-2H3,(H2,12,16). The summed E-state index contributed by atoms with van der Waals surface area (Å²) in [4.78, 5) is 11.2. The van der Waals surface area contributed by atoms with E-state index < -0.39 is 5.91 Å². The fourth-order valence-corrected chi connectivity index (χ4v) is 1.80. The van der Waals surface area contributed by atoms with Gasteiger partial charge in [-0.25, -0.2) is 4.68 Å². The number of carbonyl (C=O) groups is 1. The minimum absolute atomic E-state index is 0.367. The first kappa shape index (κ1) is 11.1. The van der Waals surface area contributed by atoms with Crippen LogP contribution in [-0.4, -0.2) is 20.9 Å². The number of nitrogens with zero attached hydrogens (tertiary/aromatic N) is 3. The Morgan fingerprint density at radius 2 is 2.25 bits per heavy atom. The molecule has 5 nitrogen and oxygen atoms in total. The van der Waals surface area contributed by atoms with Crippen molar-refractivity contribution in [3.63, 3.8) is 0 Å². The summed E-state index contributed by atoms with van der Waals surface area (Å²) < 4.78 is 1.86. The molecule has 0 unspecified atom stereocenters. The third kappa shape index (κ3) is 2.23. The zero-order valence-electron chi connectivity index (χ0n) is 9.81. The SMILES string of the molecule is CC(C)CCn1nnc(C(N)=O)c1C1CC1. The summed E-state index contributed by atoms with van der Waals surface area (Å²) in [6.45, 7) is 5.16. The molecule has 5 heteroatoms. The second kappa shape index (κ2) is 4.23. The Hall–Kier alpha value is -1.39. The lowest BCUT2D eigenvalue weighted by molar-refractivity contribution is 0.0994. The maximum atomic E-state index is 11.2. The number of nitrogens with two attached hydrogens (primary N) is 1. The van der Waals surface area contributed by atoms with Crippen LogP contribution in [0.1, 0.15) is 55.2 Å². The smallest absolute Gasteiger partial charge is 0.271 e. The molecular formula is C11H18N4O. The van der Waals surface area contributed by atoms with E-state index in [1.807, 2.05) is 4.68 Å². The molecule has 0 aromatic carbocycles. The molecule has 1 aliphatic rings. The number of carbonyl (C=O) groups excluding carboxylic acids is 1. The van der Waals surface area contributed by atoms with Gasteiger partial charge in [0.05, 0.1) is 5.69 Å². The van der Waals surface area contributed by atoms with Crippen LogP contribution in [0.4, 0.5) is 0 Å². The fraction of sp³-hybridized carbons (Fsp3) is 0.727. The lowest BCUT2D eigenvalue weighted by Gasteiger charge is -2.07. The molecule has 16 heavy (non-hydrogen) atoms. The average molecular weight is 222 g/mol. The van der Waals surface area contributed by atoms with Gasteiger partial charge in [0, 0.05) is 12.5 Å². The molecule has 1 heterocycles. The maximum Gasteiger partial charge on any atom is 0.271 e. The van der Waals surface area contributed by atoms with E-state index in [4.69, 9.17) is 5.73 Å². The highest BCUT2D eigenvalue weighted by Crippen LogP contribution is 2.41. The summed E-state index contributed by atoms with van der Waals surface area (Å²) in [5.74, 6) is 0.607. The van der Waals surface area contributed by atoms with Crippen LogP contribution in [0.25, 0.3) is 0 Å². The molecule has 1 aliphatic carbocycles. The summed E-state index contributed by atoms with van der Waals surface area (Å²) in [6.07, 6.45) is 3.28. The normalized spacial score (nSPS) is 15.7. The van der Waals surface area contributed by atoms with Crippen LogP contribution < -0.4 is 5.73 Å². The highest BCUT2D eigenvalue weighted by Gasteiger charge is 2.32. The van der Waals surface area contributed by atoms with Crippen molar-refractivity contribution in [2.24, 2.45) is 11.7 Å². The highest BCUT2D eigenvalue weighted by atomic mass is 16.1. The van der Waals surface area contributed by atoms with Crippen molar-refractivity contribution in [1.29, 1.82) is 0 Å². The molecule has 1 saturated carbocycles. The first-order valence-electron chi connectivity index (χ1n) is 5.82. The largest absolute Gasteiger partial charge is 0.364 e. The summed E-state index contributed by atoms with van der Waals surface area (Å²) in [6, 6.07) is 0. The van der Waals surface area contributed by atoms with Gasteiger partial charge in [-0.1, -0.05) is 19.1 Å². The minimum atomic E-state index is -0.460. The van der Waals surface area contributed by atoms with Crippen molar-refractivity contribution in [3.05, 3.63) is 11.4 Å². The Labute approximate surface area is 95.0 Å². The number of rotatable bonds is 5. The number of hydrogen-bond donors (Lipinski definition) is 1. The van der Waals surface area contributed by atoms with Crippen LogP contribution in [0.5, 0.6) is 0 Å². The van der Waals surface area contributed by atoms with Gasteiger partial charge in [0.1, 0.15) is 0 Å². The number of hydrogen-bond acceptors (Lipinski definition) is 3. The molecule has 1 aromatic rings. The zero-order chi connectivity index (χ0) is 11.7. The van der Waals surface area contributed by atoms with E-state index in [1.165, 1.54) is 0 Å². The van der Waals surface area contributed by atoms with Gasteiger partial charge < -0.3 is 5.73 Å². The van der Waals surface area contributed by atoms with Crippen molar-refractivity contribution in [3.8, 4) is 0 Å². The summed E-state index contributed by atoms with van der Waals surface area (Å²) in [5, 5.41) is 7.93. The third-order valence-corrected chi connectivity index (χ3v) is 2.89. The van der Waals surface area contributed by atoms with Gasteiger partial charge in [-0.3, -0.25) is 4.79 Å². The van der Waals surface area contributed by atoms with Crippen LogP contribution in [0.15, 0.2) is 0 Å². The second-order valence-electron chi connectivity index (χ2n) is 4.87. The van der Waals surface area contributed by atoms with Crippen LogP contribution in [0, 0.1) is 5.92 Å². The molecule has 1 amide bonds. The van der Waals surface area contributed by atoms with Gasteiger partial charge >= 0.3 is 0 Å². The van der Waals surface area contributed by atoms with Crippen LogP contribution in [0.2, 0.25) is 0 Å². The van der Waals surface area contributed by atoms with Gasteiger partial charge in [0.2, 0.25) is 0 Å². The summed E-state index contributed by atoms with van der Waals surface area (Å²) >= 11 is 0. The average Bonchev–Trinajstić information content (AvgIpc) is 2.95. The van der Waals surface area contributed by atoms with E-state index in [-0.39, 0.29) is 0 Å². The first-order chi connectivity index (χ1) is 7.59. The molecule has 2 N–H and O–H groups in total. The number of aromatic nitrogens is 3. The molecule has 0 aliphatic heterocycles. The highest BCUT2D eigenvalue weighted by molar-refractivity contribution is 5.92. The molecule has 0 bridgehead atoms. The van der Waals surface area contributed by atoms with Gasteiger partial charge in [-0.2, -0.15) is 0 Å². The van der Waals surface area contributed by atoms with Crippen molar-refractivity contribution < 1.29 is 4.79 Å². The van der Waals surface area contributed by atoms with E-state index in [0.717, 1.165) is 31.5 Å². The molecule has 0 saturated heterocycles. The van der Waals surface area contributed by atoms with Crippen LogP contribution in [0.3, 0.4) is 0 Å². The quantitative estimate of drug-likeness (QED) is 0.816. The monoisotopic (exact) mass is 222 g/mol. The fourth-order valence-electron chi connectivity index (χ4n) is 1.80. The zero-order valence-corrected chi connectivity index (χ0v) is 9.81. The van der Waals surface area contributed by atoms with E-state index in [2.05, 4.69) is 24.2 Å². The van der Waals surface area contributed by atoms with Gasteiger partial charge in [0.15, 0.2) is 5.69 Å². The first-order valence-corrected chi connectivity index (χ1v) is 5.82. The lowest BCUT2D eigenvalue weighted by atomic mass is 10.1. The molecule has 1 fully saturated rings. The third-order valence-electron chi connectivity index (χ3n) is 2.89. The Morgan fingerprint density at radius 1 is 1.56 bits per heavy atom. The number of aryl methyl sites for hydroxylation is 1. The van der Waals surface area contributed by atoms with Gasteiger partial charge in [-0.05, 0) is 25.2 Å². The van der Waals surface area contributed by atoms with Gasteiger partial charge in [0.25, 0.3) is 5.91 Å². The van der Waals surface area contributed by atoms with E-state index in [0.29, 0.717) is 17.5 Å². The Morgan fingerprint density at radius 3 is 2.75 bits per heavy atom. The number of primary amides is 1. The van der Waals surface area contributed by atoms with Crippen LogP contribution >= 0.6 is 0 Å². The van der Waals surface area contributed by atoms with Crippen molar-refractivity contribution in [1.82, 2.24) is 15.0 Å². The van der Waals surface area contributed by atoms with E-state index >= 15 is 0 Å². The second-order valence-corrected chi connectivity index (χ2v) is 4.87. The van der Waals surface area contributed by atoms with Crippen molar-refractivity contribution in [2.75, 3.05) is 0 Å². The van der Waals surface area contributed by atoms with Gasteiger partial charge in [-0.15, -0.1) is 5.10 Å². The topological polar surface area (TPSA) is 73.8 Å². The number of amides is 1. The predicted octanol–water partition coefficient (Wildman–Crippen LogP) is 1.30. The molecule has 0 atom stereocenters. The molecule has 2 rings (SSSR count). The Kier molecular flexibility index (Phi) is 2.94. The molecule has 0 spiro atoms. The summed E-state index contributed by atoms with van der Waals surface area (Å²) in [5.41, 5.74) is 6.61. The van der Waals surface area contributed by atoms with E-state index in [9.17, 15) is 4.79 Å². The Balaban J connectivity index is 2.20. The van der Waals surface area contributed by atoms with Crippen molar-refractivity contribution in [2.45, 2.75) is 45.6 Å². The predicted molar refractivity (Wildman–Crippen MR) is 60.0 cm³/mol. The van der Waals surface area contributed by atoms with Crippen molar-refractivity contribution >= 4 is 5.91 Å². The Bertz CT molecular complexity index is 393. The molecule has 0 radical (unpaired) electrons. The van der Waals surface area contributed by atoms with Crippen LogP contribution in [-0.2, 0) is 6.54 Å². The van der Waals surface area contributed by atoms with E-state index in [1.54, 1.807) is 0 Å². The maximum absolute atomic E-state index is 11.2. The summed E-state index contributed by atoms with van der Waals surface area (Å²) in [7, 11) is 0.